The molecule has 0 saturated carbocycles. The summed E-state index contributed by atoms with van der Waals surface area (Å²) < 4.78 is 7.21. The number of hydrogen-bond acceptors (Lipinski definition) is 4. The van der Waals surface area contributed by atoms with E-state index in [0.717, 1.165) is 27.2 Å². The number of carbonyl (C=O) groups excluding carboxylic acids is 3. The van der Waals surface area contributed by atoms with Gasteiger partial charge in [0.25, 0.3) is 0 Å². The molecule has 6 nitrogen and oxygen atoms in total. The number of imide groups is 1. The van der Waals surface area contributed by atoms with Crippen molar-refractivity contribution in [1.29, 1.82) is 0 Å². The first-order valence-corrected chi connectivity index (χ1v) is 12.0. The maximum atomic E-state index is 14.1. The summed E-state index contributed by atoms with van der Waals surface area (Å²) in [5.41, 5.74) is 4.05. The summed E-state index contributed by atoms with van der Waals surface area (Å²) in [6, 6.07) is 30.1. The monoisotopic (exact) mass is 476 g/mol. The molecule has 0 bridgehead atoms. The lowest BCUT2D eigenvalue weighted by Gasteiger charge is -2.26. The van der Waals surface area contributed by atoms with E-state index >= 15 is 0 Å². The van der Waals surface area contributed by atoms with Gasteiger partial charge in [-0.15, -0.1) is 0 Å². The maximum absolute atomic E-state index is 14.1. The maximum Gasteiger partial charge on any atom is 0.417 e. The third-order valence-corrected chi connectivity index (χ3v) is 7.09. The standard InChI is InChI=1S/C30H24N2O4/c33-28-26(29(34)32-24(19-36-30(32)35)21-12-6-2-7-13-21)25(22-14-8-3-9-15-22)23-16-17-31(27(23)28)18-20-10-4-1-5-11-20/h1-17,24-26H,18-19H2/t24-,25+,26-/m1/s1. The summed E-state index contributed by atoms with van der Waals surface area (Å²) in [5.74, 6) is -2.32. The average Bonchev–Trinajstić information content (AvgIpc) is 3.59. The van der Waals surface area contributed by atoms with Gasteiger partial charge in [-0.1, -0.05) is 91.0 Å². The van der Waals surface area contributed by atoms with Gasteiger partial charge in [-0.2, -0.15) is 0 Å². The van der Waals surface area contributed by atoms with E-state index in [1.165, 1.54) is 0 Å². The van der Waals surface area contributed by atoms with Crippen molar-refractivity contribution in [3.8, 4) is 0 Å². The van der Waals surface area contributed by atoms with Crippen molar-refractivity contribution < 1.29 is 19.1 Å². The number of nitrogens with zero attached hydrogens (tertiary/aromatic N) is 2. The quantitative estimate of drug-likeness (QED) is 0.371. The molecule has 1 saturated heterocycles. The zero-order valence-electron chi connectivity index (χ0n) is 19.5. The number of ketones is 1. The predicted molar refractivity (Wildman–Crippen MR) is 133 cm³/mol. The SMILES string of the molecule is O=C1c2c(ccn2Cc2ccccc2)[C@H](c2ccccc2)[C@H]1C(=O)N1C(=O)OC[C@@H]1c1ccccc1. The second-order valence-electron chi connectivity index (χ2n) is 9.18. The summed E-state index contributed by atoms with van der Waals surface area (Å²) in [5, 5.41) is 0. The van der Waals surface area contributed by atoms with E-state index in [4.69, 9.17) is 4.74 Å². The first-order chi connectivity index (χ1) is 17.6. The van der Waals surface area contributed by atoms with Gasteiger partial charge in [0.05, 0.1) is 5.69 Å². The van der Waals surface area contributed by atoms with Crippen molar-refractivity contribution in [1.82, 2.24) is 9.47 Å². The number of rotatable bonds is 5. The number of benzene rings is 3. The van der Waals surface area contributed by atoms with E-state index in [1.807, 2.05) is 108 Å². The van der Waals surface area contributed by atoms with Crippen LogP contribution in [0.25, 0.3) is 0 Å². The number of ether oxygens (including phenoxy) is 1. The summed E-state index contributed by atoms with van der Waals surface area (Å²) >= 11 is 0. The summed E-state index contributed by atoms with van der Waals surface area (Å²) in [4.78, 5) is 42.0. The molecule has 2 aliphatic rings. The minimum absolute atomic E-state index is 0.0681. The highest BCUT2D eigenvalue weighted by Crippen LogP contribution is 2.45. The molecule has 1 aromatic heterocycles. The molecular weight excluding hydrogens is 452 g/mol. The number of Topliss-reactive ketones (excluding diaryl/α,β-unsaturated/α-hetero) is 1. The average molecular weight is 477 g/mol. The van der Waals surface area contributed by atoms with E-state index in [-0.39, 0.29) is 12.4 Å². The van der Waals surface area contributed by atoms with Crippen molar-refractivity contribution in [2.24, 2.45) is 5.92 Å². The molecule has 0 N–H and O–H groups in total. The number of carbonyl (C=O) groups is 3. The lowest BCUT2D eigenvalue weighted by Crippen LogP contribution is -2.42. The van der Waals surface area contributed by atoms with Crippen LogP contribution in [0.5, 0.6) is 0 Å². The largest absolute Gasteiger partial charge is 0.446 e. The number of cyclic esters (lactones) is 1. The number of aromatic nitrogens is 1. The Hall–Kier alpha value is -4.45. The Morgan fingerprint density at radius 2 is 1.42 bits per heavy atom. The molecule has 1 fully saturated rings. The molecule has 0 radical (unpaired) electrons. The van der Waals surface area contributed by atoms with Gasteiger partial charge in [-0.05, 0) is 28.3 Å². The fourth-order valence-electron chi connectivity index (χ4n) is 5.44. The van der Waals surface area contributed by atoms with Crippen LogP contribution in [0.3, 0.4) is 0 Å². The first kappa shape index (κ1) is 22.0. The van der Waals surface area contributed by atoms with Gasteiger partial charge in [0.15, 0.2) is 5.78 Å². The van der Waals surface area contributed by atoms with E-state index in [0.29, 0.717) is 12.2 Å². The van der Waals surface area contributed by atoms with E-state index in [9.17, 15) is 14.4 Å². The van der Waals surface area contributed by atoms with Crippen LogP contribution in [0.15, 0.2) is 103 Å². The first-order valence-electron chi connectivity index (χ1n) is 12.0. The smallest absolute Gasteiger partial charge is 0.417 e. The third kappa shape index (κ3) is 3.62. The van der Waals surface area contributed by atoms with Crippen molar-refractivity contribution in [3.63, 3.8) is 0 Å². The number of fused-ring (bicyclic) bond motifs is 1. The van der Waals surface area contributed by atoms with E-state index in [1.54, 1.807) is 0 Å². The van der Waals surface area contributed by atoms with Gasteiger partial charge in [-0.25, -0.2) is 9.69 Å². The molecule has 0 unspecified atom stereocenters. The molecule has 178 valence electrons. The highest BCUT2D eigenvalue weighted by molar-refractivity contribution is 6.16. The van der Waals surface area contributed by atoms with Gasteiger partial charge in [0.2, 0.25) is 5.91 Å². The molecule has 1 aliphatic heterocycles. The lowest BCUT2D eigenvalue weighted by atomic mass is 9.84. The van der Waals surface area contributed by atoms with Crippen LogP contribution in [-0.4, -0.2) is 33.9 Å². The Bertz CT molecular complexity index is 1430. The van der Waals surface area contributed by atoms with E-state index < -0.39 is 29.9 Å². The fourth-order valence-corrected chi connectivity index (χ4v) is 5.44. The van der Waals surface area contributed by atoms with Gasteiger partial charge < -0.3 is 9.30 Å². The molecular formula is C30H24N2O4. The van der Waals surface area contributed by atoms with Crippen LogP contribution in [-0.2, 0) is 16.1 Å². The second-order valence-corrected chi connectivity index (χ2v) is 9.18. The van der Waals surface area contributed by atoms with Crippen molar-refractivity contribution in [2.75, 3.05) is 6.61 Å². The van der Waals surface area contributed by atoms with E-state index in [2.05, 4.69) is 0 Å². The van der Waals surface area contributed by atoms with Crippen LogP contribution in [0.4, 0.5) is 4.79 Å². The number of hydrogen-bond donors (Lipinski definition) is 0. The highest BCUT2D eigenvalue weighted by Gasteiger charge is 2.52. The minimum atomic E-state index is -1.04. The normalized spacial score (nSPS) is 20.9. The summed E-state index contributed by atoms with van der Waals surface area (Å²) in [6.45, 7) is 0.585. The zero-order valence-corrected chi connectivity index (χ0v) is 19.5. The molecule has 36 heavy (non-hydrogen) atoms. The lowest BCUT2D eigenvalue weighted by molar-refractivity contribution is -0.132. The van der Waals surface area contributed by atoms with Crippen LogP contribution in [0.2, 0.25) is 0 Å². The van der Waals surface area contributed by atoms with Crippen LogP contribution in [0, 0.1) is 5.92 Å². The fraction of sp³-hybridized carbons (Fsp3) is 0.167. The van der Waals surface area contributed by atoms with Gasteiger partial charge >= 0.3 is 6.09 Å². The Balaban J connectivity index is 1.42. The van der Waals surface area contributed by atoms with Gasteiger partial charge in [0.1, 0.15) is 18.6 Å². The third-order valence-electron chi connectivity index (χ3n) is 7.09. The predicted octanol–water partition coefficient (Wildman–Crippen LogP) is 5.20. The van der Waals surface area contributed by atoms with Gasteiger partial charge in [0, 0.05) is 18.7 Å². The molecule has 3 atom stereocenters. The number of amides is 2. The second kappa shape index (κ2) is 8.96. The molecule has 1 aliphatic carbocycles. The summed E-state index contributed by atoms with van der Waals surface area (Å²) in [7, 11) is 0. The molecule has 6 rings (SSSR count). The van der Waals surface area contributed by atoms with Crippen LogP contribution < -0.4 is 0 Å². The molecule has 4 aromatic rings. The highest BCUT2D eigenvalue weighted by atomic mass is 16.6. The minimum Gasteiger partial charge on any atom is -0.446 e. The topological polar surface area (TPSA) is 68.6 Å². The molecule has 2 amide bonds. The Labute approximate surface area is 208 Å². The molecule has 0 spiro atoms. The molecule has 6 heteroatoms. The summed E-state index contributed by atoms with van der Waals surface area (Å²) in [6.07, 6.45) is 1.19. The molecule has 3 aromatic carbocycles. The van der Waals surface area contributed by atoms with Crippen LogP contribution in [0.1, 0.15) is 44.7 Å². The zero-order chi connectivity index (χ0) is 24.6. The van der Waals surface area contributed by atoms with Crippen molar-refractivity contribution in [3.05, 3.63) is 131 Å². The Kier molecular flexibility index (Phi) is 5.49. The molecule has 2 heterocycles. The van der Waals surface area contributed by atoms with Crippen molar-refractivity contribution >= 4 is 17.8 Å². The Morgan fingerprint density at radius 3 is 2.08 bits per heavy atom. The van der Waals surface area contributed by atoms with Crippen LogP contribution >= 0.6 is 0 Å². The van der Waals surface area contributed by atoms with Gasteiger partial charge in [-0.3, -0.25) is 9.59 Å². The Morgan fingerprint density at radius 1 is 0.806 bits per heavy atom. The van der Waals surface area contributed by atoms with Crippen molar-refractivity contribution in [2.45, 2.75) is 18.5 Å².